The molecule has 1 aliphatic rings. The number of Topliss-reactive ketones (excluding diaryl/α,β-unsaturated/α-hetero) is 1. The summed E-state index contributed by atoms with van der Waals surface area (Å²) >= 11 is 0. The van der Waals surface area contributed by atoms with Crippen molar-refractivity contribution in [2.45, 2.75) is 77.6 Å². The summed E-state index contributed by atoms with van der Waals surface area (Å²) in [5.41, 5.74) is 0. The fourth-order valence-corrected chi connectivity index (χ4v) is 2.93. The maximum Gasteiger partial charge on any atom is 0.135 e. The zero-order valence-electron chi connectivity index (χ0n) is 12.6. The molecule has 19 heavy (non-hydrogen) atoms. The van der Waals surface area contributed by atoms with Crippen molar-refractivity contribution in [1.82, 2.24) is 0 Å². The maximum absolute atomic E-state index is 12.2. The molecule has 0 aromatic carbocycles. The van der Waals surface area contributed by atoms with Gasteiger partial charge in [-0.3, -0.25) is 4.79 Å². The Labute approximate surface area is 154 Å². The summed E-state index contributed by atoms with van der Waals surface area (Å²) in [5, 5.41) is 9.15. The molecule has 0 aromatic rings. The summed E-state index contributed by atoms with van der Waals surface area (Å²) in [4.78, 5) is 12.2. The SMILES string of the molecule is CC(CO)CC1CCCCCCCCCCC1=O.[Ac]. The minimum absolute atomic E-state index is 0. The number of hydrogen-bond acceptors (Lipinski definition) is 2. The molecule has 0 saturated heterocycles. The number of hydrogen-bond donors (Lipinski definition) is 1. The van der Waals surface area contributed by atoms with Gasteiger partial charge in [-0.05, 0) is 25.2 Å². The molecule has 1 saturated carbocycles. The molecule has 0 bridgehead atoms. The van der Waals surface area contributed by atoms with Crippen LogP contribution in [0.5, 0.6) is 0 Å². The van der Waals surface area contributed by atoms with Gasteiger partial charge < -0.3 is 5.11 Å². The van der Waals surface area contributed by atoms with E-state index in [0.717, 1.165) is 25.7 Å². The molecule has 0 spiro atoms. The Kier molecular flexibility index (Phi) is 13.5. The van der Waals surface area contributed by atoms with Gasteiger partial charge in [0, 0.05) is 63.0 Å². The van der Waals surface area contributed by atoms with Gasteiger partial charge in [0.25, 0.3) is 0 Å². The molecular weight excluding hydrogens is 451 g/mol. The van der Waals surface area contributed by atoms with E-state index in [-0.39, 0.29) is 62.5 Å². The number of carbonyl (C=O) groups excluding carboxylic acids is 1. The molecule has 0 amide bonds. The average Bonchev–Trinajstić information content (AvgIpc) is 2.37. The normalized spacial score (nSPS) is 24.7. The zero-order valence-corrected chi connectivity index (χ0v) is 17.3. The summed E-state index contributed by atoms with van der Waals surface area (Å²) < 4.78 is 0. The number of aliphatic hydroxyl groups is 1. The Hall–Kier alpha value is 1.07. The fraction of sp³-hybridized carbons (Fsp3) is 0.938. The van der Waals surface area contributed by atoms with Crippen LogP contribution in [0.15, 0.2) is 0 Å². The van der Waals surface area contributed by atoms with Crippen LogP contribution in [0, 0.1) is 55.9 Å². The van der Waals surface area contributed by atoms with Crippen LogP contribution >= 0.6 is 0 Å². The van der Waals surface area contributed by atoms with E-state index < -0.39 is 0 Å². The van der Waals surface area contributed by atoms with E-state index in [9.17, 15) is 4.79 Å². The van der Waals surface area contributed by atoms with Crippen LogP contribution in [0.2, 0.25) is 0 Å². The standard InChI is InChI=1S/C16H30O2.Ac/c1-14(13-17)12-15-10-8-6-4-2-3-5-7-9-11-16(15)18;/h14-15,17H,2-13H2,1H3;. The molecule has 2 unspecified atom stereocenters. The number of rotatable bonds is 3. The van der Waals surface area contributed by atoms with Crippen molar-refractivity contribution < 1.29 is 54.0 Å². The second kappa shape index (κ2) is 12.8. The van der Waals surface area contributed by atoms with Crippen LogP contribution in [0.4, 0.5) is 0 Å². The Balaban J connectivity index is 0.00000324. The summed E-state index contributed by atoms with van der Waals surface area (Å²) in [7, 11) is 0. The van der Waals surface area contributed by atoms with Gasteiger partial charge in [-0.25, -0.2) is 0 Å². The topological polar surface area (TPSA) is 37.3 Å². The third kappa shape index (κ3) is 9.59. The molecule has 2 nitrogen and oxygen atoms in total. The molecular formula is C16H30AcO2. The third-order valence-electron chi connectivity index (χ3n) is 4.18. The van der Waals surface area contributed by atoms with Gasteiger partial charge in [0.1, 0.15) is 5.78 Å². The zero-order chi connectivity index (χ0) is 13.2. The summed E-state index contributed by atoms with van der Waals surface area (Å²) in [6, 6.07) is 0. The molecule has 2 atom stereocenters. The molecule has 0 aromatic heterocycles. The molecule has 0 heterocycles. The molecule has 109 valence electrons. The van der Waals surface area contributed by atoms with E-state index >= 15 is 0 Å². The quantitative estimate of drug-likeness (QED) is 0.659. The van der Waals surface area contributed by atoms with Crippen molar-refractivity contribution in [3.63, 3.8) is 0 Å². The second-order valence-electron chi connectivity index (χ2n) is 6.05. The molecule has 1 radical (unpaired) electrons. The third-order valence-corrected chi connectivity index (χ3v) is 4.18. The first kappa shape index (κ1) is 20.1. The van der Waals surface area contributed by atoms with Crippen LogP contribution < -0.4 is 0 Å². The fourth-order valence-electron chi connectivity index (χ4n) is 2.93. The Morgan fingerprint density at radius 2 is 1.58 bits per heavy atom. The van der Waals surface area contributed by atoms with Crippen molar-refractivity contribution in [2.24, 2.45) is 11.8 Å². The van der Waals surface area contributed by atoms with Gasteiger partial charge in [0.05, 0.1) is 0 Å². The first-order valence-corrected chi connectivity index (χ1v) is 7.87. The van der Waals surface area contributed by atoms with E-state index in [1.54, 1.807) is 0 Å². The first-order chi connectivity index (χ1) is 8.74. The van der Waals surface area contributed by atoms with Crippen molar-refractivity contribution in [3.8, 4) is 0 Å². The summed E-state index contributed by atoms with van der Waals surface area (Å²) in [5.74, 6) is 0.939. The molecule has 3 heteroatoms. The van der Waals surface area contributed by atoms with Gasteiger partial charge in [-0.2, -0.15) is 0 Å². The van der Waals surface area contributed by atoms with Crippen LogP contribution in [0.1, 0.15) is 77.6 Å². The molecule has 1 N–H and O–H groups in total. The van der Waals surface area contributed by atoms with Crippen LogP contribution in [-0.2, 0) is 4.79 Å². The molecule has 0 aliphatic heterocycles. The van der Waals surface area contributed by atoms with Crippen molar-refractivity contribution in [2.75, 3.05) is 6.61 Å². The Morgan fingerprint density at radius 3 is 2.16 bits per heavy atom. The predicted octanol–water partition coefficient (Wildman–Crippen LogP) is 4.10. The van der Waals surface area contributed by atoms with Gasteiger partial charge in [-0.15, -0.1) is 0 Å². The number of ketones is 1. The predicted molar refractivity (Wildman–Crippen MR) is 75.5 cm³/mol. The number of aliphatic hydroxyl groups excluding tert-OH is 1. The first-order valence-electron chi connectivity index (χ1n) is 7.87. The van der Waals surface area contributed by atoms with Crippen molar-refractivity contribution in [1.29, 1.82) is 0 Å². The van der Waals surface area contributed by atoms with Gasteiger partial charge in [0.15, 0.2) is 0 Å². The van der Waals surface area contributed by atoms with E-state index in [0.29, 0.717) is 5.78 Å². The summed E-state index contributed by atoms with van der Waals surface area (Å²) in [6.45, 7) is 2.26. The number of carbonyl (C=O) groups is 1. The maximum atomic E-state index is 12.2. The smallest absolute Gasteiger partial charge is 0.135 e. The minimum Gasteiger partial charge on any atom is -0.396 e. The molecule has 1 rings (SSSR count). The van der Waals surface area contributed by atoms with Crippen LogP contribution in [0.3, 0.4) is 0 Å². The molecule has 1 aliphatic carbocycles. The second-order valence-corrected chi connectivity index (χ2v) is 6.05. The van der Waals surface area contributed by atoms with E-state index in [2.05, 4.69) is 0 Å². The van der Waals surface area contributed by atoms with Gasteiger partial charge in [0.2, 0.25) is 0 Å². The minimum atomic E-state index is 0. The van der Waals surface area contributed by atoms with Gasteiger partial charge in [-0.1, -0.05) is 51.9 Å². The average molecular weight is 481 g/mol. The molecule has 1 fully saturated rings. The summed E-state index contributed by atoms with van der Waals surface area (Å²) in [6.07, 6.45) is 12.8. The van der Waals surface area contributed by atoms with E-state index in [4.69, 9.17) is 5.11 Å². The Morgan fingerprint density at radius 1 is 1.05 bits per heavy atom. The van der Waals surface area contributed by atoms with Crippen molar-refractivity contribution in [3.05, 3.63) is 0 Å². The largest absolute Gasteiger partial charge is 0.396 e. The van der Waals surface area contributed by atoms with Crippen LogP contribution in [-0.4, -0.2) is 17.5 Å². The monoisotopic (exact) mass is 481 g/mol. The van der Waals surface area contributed by atoms with Gasteiger partial charge >= 0.3 is 0 Å². The Bertz CT molecular complexity index is 231. The van der Waals surface area contributed by atoms with Crippen molar-refractivity contribution >= 4 is 5.78 Å². The van der Waals surface area contributed by atoms with E-state index in [1.807, 2.05) is 6.92 Å². The van der Waals surface area contributed by atoms with E-state index in [1.165, 1.54) is 44.9 Å². The van der Waals surface area contributed by atoms with Crippen LogP contribution in [0.25, 0.3) is 0 Å².